The van der Waals surface area contributed by atoms with Crippen LogP contribution in [0.1, 0.15) is 37.8 Å². The molecule has 6 rings (SSSR count). The zero-order chi connectivity index (χ0) is 36.4. The third kappa shape index (κ3) is 5.32. The Balaban J connectivity index is 1.40. The molecule has 0 saturated carbocycles. The summed E-state index contributed by atoms with van der Waals surface area (Å²) in [5, 5.41) is 10.6. The maximum Gasteiger partial charge on any atom is 0.416 e. The molecule has 1 saturated heterocycles. The van der Waals surface area contributed by atoms with Crippen LogP contribution in [-0.2, 0) is 44.4 Å². The lowest BCUT2D eigenvalue weighted by Crippen LogP contribution is -2.74. The number of halogens is 3. The SMILES string of the molecule is COC1=C(C)C(=O)C2=C(C1=O)[C@@H]1[C@@H]3CC4=C(C(=O)C(OC)=C(C)C4=O)[C@H](COC(=O)/C=C/c4ccc(C(F)(F)F)cc4)N3[C@@H](C#N)[C@H](C2)N1C. The number of rotatable bonds is 6. The molecule has 50 heavy (non-hydrogen) atoms. The standard InChI is InChI=1S/C36H32F3N3O8/c1-16-30(44)20-13-23-29-28-21(31(45)17(2)35(49-5)33(28)47)12-22(41(29)3)24(14-40)42(23)25(27(20)32(46)34(16)48-4)15-50-26(43)11-8-18-6-9-19(10-7-18)36(37,38)39/h6-11,22-25,29H,12-13,15H2,1-5H3/b11-8+/t22-,23-,24-,25-,29-/m0/s1. The van der Waals surface area contributed by atoms with E-state index in [1.807, 2.05) is 4.90 Å². The summed E-state index contributed by atoms with van der Waals surface area (Å²) in [6, 6.07) is 2.10. The summed E-state index contributed by atoms with van der Waals surface area (Å²) in [5.41, 5.74) is 0.283. The van der Waals surface area contributed by atoms with Gasteiger partial charge in [0.1, 0.15) is 12.6 Å². The Morgan fingerprint density at radius 3 is 1.98 bits per heavy atom. The van der Waals surface area contributed by atoms with Crippen molar-refractivity contribution in [3.63, 3.8) is 0 Å². The van der Waals surface area contributed by atoms with Gasteiger partial charge >= 0.3 is 12.1 Å². The minimum atomic E-state index is -4.52. The number of allylic oxidation sites excluding steroid dienone is 4. The lowest BCUT2D eigenvalue weighted by molar-refractivity contribution is -0.142. The Hall–Kier alpha value is -5.13. The number of methoxy groups -OCH3 is 2. The number of hydrogen-bond acceptors (Lipinski definition) is 11. The molecule has 0 N–H and O–H groups in total. The van der Waals surface area contributed by atoms with Crippen LogP contribution in [0.15, 0.2) is 75.3 Å². The maximum absolute atomic E-state index is 14.0. The van der Waals surface area contributed by atoms with Crippen LogP contribution in [0.2, 0.25) is 0 Å². The second-order valence-electron chi connectivity index (χ2n) is 12.7. The monoisotopic (exact) mass is 691 g/mol. The van der Waals surface area contributed by atoms with Gasteiger partial charge in [-0.1, -0.05) is 12.1 Å². The molecule has 0 radical (unpaired) electrons. The first-order valence-electron chi connectivity index (χ1n) is 15.7. The largest absolute Gasteiger partial charge is 0.492 e. The van der Waals surface area contributed by atoms with Crippen molar-refractivity contribution in [2.45, 2.75) is 63.1 Å². The van der Waals surface area contributed by atoms with E-state index in [9.17, 15) is 42.4 Å². The van der Waals surface area contributed by atoms with Crippen LogP contribution in [0.5, 0.6) is 0 Å². The number of hydrogen-bond donors (Lipinski definition) is 0. The van der Waals surface area contributed by atoms with Crippen molar-refractivity contribution in [1.29, 1.82) is 5.26 Å². The van der Waals surface area contributed by atoms with Gasteiger partial charge in [-0.25, -0.2) is 4.79 Å². The Labute approximate surface area is 284 Å². The highest BCUT2D eigenvalue weighted by Gasteiger charge is 2.60. The Morgan fingerprint density at radius 2 is 1.44 bits per heavy atom. The second-order valence-corrected chi connectivity index (χ2v) is 12.7. The predicted molar refractivity (Wildman–Crippen MR) is 168 cm³/mol. The smallest absolute Gasteiger partial charge is 0.416 e. The number of benzene rings is 1. The van der Waals surface area contributed by atoms with Gasteiger partial charge < -0.3 is 14.2 Å². The van der Waals surface area contributed by atoms with Crippen molar-refractivity contribution in [3.8, 4) is 6.07 Å². The topological polar surface area (TPSA) is 143 Å². The van der Waals surface area contributed by atoms with Crippen LogP contribution in [0, 0.1) is 11.3 Å². The second kappa shape index (κ2) is 12.6. The molecule has 1 fully saturated rings. The quantitative estimate of drug-likeness (QED) is 0.246. The Bertz CT molecular complexity index is 1950. The highest BCUT2D eigenvalue weighted by Crippen LogP contribution is 2.49. The zero-order valence-electron chi connectivity index (χ0n) is 27.7. The van der Waals surface area contributed by atoms with Gasteiger partial charge in [0.25, 0.3) is 0 Å². The molecule has 260 valence electrons. The third-order valence-corrected chi connectivity index (χ3v) is 10.2. The number of nitrogens with zero attached hydrogens (tertiary/aromatic N) is 3. The van der Waals surface area contributed by atoms with Gasteiger partial charge in [0.2, 0.25) is 11.6 Å². The number of alkyl halides is 3. The first-order valence-corrected chi connectivity index (χ1v) is 15.7. The number of ether oxygens (including phenoxy) is 3. The number of nitriles is 1. The summed E-state index contributed by atoms with van der Waals surface area (Å²) in [7, 11) is 4.29. The molecule has 3 aliphatic heterocycles. The molecule has 1 aromatic rings. The van der Waals surface area contributed by atoms with E-state index in [4.69, 9.17) is 14.2 Å². The van der Waals surface area contributed by atoms with Crippen molar-refractivity contribution >= 4 is 35.2 Å². The number of esters is 1. The minimum absolute atomic E-state index is 0.00432. The van der Waals surface area contributed by atoms with Crippen molar-refractivity contribution in [2.24, 2.45) is 0 Å². The summed E-state index contributed by atoms with van der Waals surface area (Å²) >= 11 is 0. The fourth-order valence-corrected chi connectivity index (χ4v) is 7.93. The highest BCUT2D eigenvalue weighted by molar-refractivity contribution is 6.26. The van der Waals surface area contributed by atoms with Gasteiger partial charge in [-0.05, 0) is 57.5 Å². The van der Waals surface area contributed by atoms with E-state index in [0.29, 0.717) is 5.56 Å². The molecule has 1 aromatic carbocycles. The van der Waals surface area contributed by atoms with Gasteiger partial charge in [0.05, 0.1) is 37.9 Å². The fraction of sp³-hybridized carbons (Fsp3) is 0.389. The molecule has 0 aromatic heterocycles. The number of likely N-dealkylation sites (N-methyl/N-ethyl adjacent to an activating group) is 1. The van der Waals surface area contributed by atoms with E-state index in [1.54, 1.807) is 11.9 Å². The molecular formula is C36H32F3N3O8. The van der Waals surface area contributed by atoms with Crippen LogP contribution in [0.25, 0.3) is 6.08 Å². The molecule has 0 unspecified atom stereocenters. The predicted octanol–water partition coefficient (Wildman–Crippen LogP) is 3.42. The number of ketones is 4. The number of fused-ring (bicyclic) bond motifs is 5. The van der Waals surface area contributed by atoms with Gasteiger partial charge in [-0.2, -0.15) is 18.4 Å². The zero-order valence-corrected chi connectivity index (χ0v) is 27.7. The molecule has 5 atom stereocenters. The van der Waals surface area contributed by atoms with E-state index in [-0.39, 0.29) is 63.6 Å². The summed E-state index contributed by atoms with van der Waals surface area (Å²) in [6.45, 7) is 2.47. The molecule has 5 aliphatic rings. The van der Waals surface area contributed by atoms with Gasteiger partial charge in [0, 0.05) is 51.6 Å². The van der Waals surface area contributed by atoms with Crippen LogP contribution in [0.4, 0.5) is 13.2 Å². The normalized spacial score (nSPS) is 27.4. The molecule has 11 nitrogen and oxygen atoms in total. The van der Waals surface area contributed by atoms with Gasteiger partial charge in [-0.3, -0.25) is 29.0 Å². The van der Waals surface area contributed by atoms with E-state index in [1.165, 1.54) is 46.3 Å². The van der Waals surface area contributed by atoms with Crippen molar-refractivity contribution in [3.05, 3.63) is 86.4 Å². The number of carbonyl (C=O) groups is 5. The maximum atomic E-state index is 14.0. The number of carbonyl (C=O) groups excluding carboxylic acids is 5. The lowest BCUT2D eigenvalue weighted by Gasteiger charge is -2.60. The number of piperazine rings is 1. The van der Waals surface area contributed by atoms with Crippen LogP contribution in [0.3, 0.4) is 0 Å². The van der Waals surface area contributed by atoms with E-state index >= 15 is 0 Å². The van der Waals surface area contributed by atoms with Crippen LogP contribution in [-0.4, -0.2) is 97.0 Å². The first-order chi connectivity index (χ1) is 23.7. The van der Waals surface area contributed by atoms with Crippen LogP contribution >= 0.6 is 0 Å². The summed E-state index contributed by atoms with van der Waals surface area (Å²) in [4.78, 5) is 71.8. The molecule has 2 aliphatic carbocycles. The molecule has 14 heteroatoms. The fourth-order valence-electron chi connectivity index (χ4n) is 7.93. The van der Waals surface area contributed by atoms with E-state index < -0.39 is 71.9 Å². The minimum Gasteiger partial charge on any atom is -0.492 e. The first kappa shape index (κ1) is 34.7. The molecule has 3 heterocycles. The summed E-state index contributed by atoms with van der Waals surface area (Å²) < 4.78 is 55.2. The van der Waals surface area contributed by atoms with E-state index in [2.05, 4.69) is 6.07 Å². The molecule has 0 spiro atoms. The van der Waals surface area contributed by atoms with Gasteiger partial charge in [0.15, 0.2) is 23.1 Å². The number of Topliss-reactive ketones (excluding diaryl/α,β-unsaturated/α-hetero) is 4. The van der Waals surface area contributed by atoms with Crippen molar-refractivity contribution in [1.82, 2.24) is 9.80 Å². The van der Waals surface area contributed by atoms with Crippen molar-refractivity contribution in [2.75, 3.05) is 27.9 Å². The lowest BCUT2D eigenvalue weighted by atomic mass is 9.67. The summed E-state index contributed by atoms with van der Waals surface area (Å²) in [6.07, 6.45) is -2.25. The summed E-state index contributed by atoms with van der Waals surface area (Å²) in [5.74, 6) is -3.10. The Kier molecular flexibility index (Phi) is 8.78. The molecular weight excluding hydrogens is 659 g/mol. The van der Waals surface area contributed by atoms with E-state index in [0.717, 1.165) is 18.2 Å². The average molecular weight is 692 g/mol. The molecule has 0 amide bonds. The van der Waals surface area contributed by atoms with Crippen LogP contribution < -0.4 is 0 Å². The molecule has 2 bridgehead atoms. The third-order valence-electron chi connectivity index (χ3n) is 10.2. The van der Waals surface area contributed by atoms with Gasteiger partial charge in [-0.15, -0.1) is 0 Å². The average Bonchev–Trinajstić information content (AvgIpc) is 3.08. The Morgan fingerprint density at radius 1 is 0.900 bits per heavy atom. The van der Waals surface area contributed by atoms with Crippen molar-refractivity contribution < 1.29 is 51.4 Å². The highest BCUT2D eigenvalue weighted by atomic mass is 19.4.